The van der Waals surface area contributed by atoms with Gasteiger partial charge in [-0.25, -0.2) is 0 Å². The van der Waals surface area contributed by atoms with Gasteiger partial charge in [0.25, 0.3) is 0 Å². The maximum absolute atomic E-state index is 12.6. The number of nitrogens with one attached hydrogen (secondary N) is 1. The predicted molar refractivity (Wildman–Crippen MR) is 108 cm³/mol. The number of amides is 2. The fraction of sp³-hybridized carbons (Fsp3) is 0.667. The number of aryl methyl sites for hydroxylation is 3. The molecule has 162 valence electrons. The molecule has 9 heteroatoms. The van der Waals surface area contributed by atoms with Crippen LogP contribution < -0.4 is 5.32 Å². The summed E-state index contributed by atoms with van der Waals surface area (Å²) in [5.74, 6) is 1.49. The van der Waals surface area contributed by atoms with Crippen molar-refractivity contribution in [1.82, 2.24) is 30.1 Å². The van der Waals surface area contributed by atoms with Gasteiger partial charge in [-0.15, -0.1) is 0 Å². The van der Waals surface area contributed by atoms with Gasteiger partial charge >= 0.3 is 0 Å². The zero-order valence-corrected chi connectivity index (χ0v) is 18.1. The minimum atomic E-state index is -0.386. The summed E-state index contributed by atoms with van der Waals surface area (Å²) < 4.78 is 7.37. The van der Waals surface area contributed by atoms with Gasteiger partial charge in [0.2, 0.25) is 17.7 Å². The van der Waals surface area contributed by atoms with E-state index in [0.29, 0.717) is 44.2 Å². The van der Waals surface area contributed by atoms with E-state index in [1.165, 1.54) is 0 Å². The molecular formula is C21H30N6O3. The van der Waals surface area contributed by atoms with Crippen LogP contribution in [0.5, 0.6) is 0 Å². The highest BCUT2D eigenvalue weighted by atomic mass is 16.5. The highest BCUT2D eigenvalue weighted by molar-refractivity contribution is 5.79. The molecule has 9 nitrogen and oxygen atoms in total. The lowest BCUT2D eigenvalue weighted by Gasteiger charge is -2.26. The second-order valence-corrected chi connectivity index (χ2v) is 9.11. The van der Waals surface area contributed by atoms with Crippen molar-refractivity contribution in [2.24, 2.45) is 11.8 Å². The molecule has 0 unspecified atom stereocenters. The fourth-order valence-electron chi connectivity index (χ4n) is 4.95. The summed E-state index contributed by atoms with van der Waals surface area (Å²) in [5, 5.41) is 11.4. The molecule has 3 atom stereocenters. The Morgan fingerprint density at radius 2 is 2.17 bits per heavy atom. The molecule has 1 saturated heterocycles. The first-order valence-corrected chi connectivity index (χ1v) is 10.6. The molecule has 0 radical (unpaired) electrons. The standard InChI is InChI=1S/C21H30N6O3/c1-13(2)19(29)26-11-16-7-17(8-21(16,12-26)20-23-15(4)25-30-20)24-18(28)5-6-27-10-14(3)9-22-27/h9-10,13,16-17H,5-8,11-12H2,1-4H3,(H,24,28)/t16-,17+,21-/m0/s1. The topological polar surface area (TPSA) is 106 Å². The second kappa shape index (κ2) is 7.85. The highest BCUT2D eigenvalue weighted by Crippen LogP contribution is 2.50. The third kappa shape index (κ3) is 3.85. The molecule has 0 spiro atoms. The van der Waals surface area contributed by atoms with E-state index in [4.69, 9.17) is 4.52 Å². The van der Waals surface area contributed by atoms with Crippen LogP contribution in [0.2, 0.25) is 0 Å². The van der Waals surface area contributed by atoms with Crippen molar-refractivity contribution in [3.63, 3.8) is 0 Å². The van der Waals surface area contributed by atoms with Gasteiger partial charge in [0, 0.05) is 44.2 Å². The first-order valence-electron chi connectivity index (χ1n) is 10.6. The number of rotatable bonds is 6. The molecule has 2 aromatic heterocycles. The zero-order valence-electron chi connectivity index (χ0n) is 18.1. The lowest BCUT2D eigenvalue weighted by molar-refractivity contribution is -0.134. The van der Waals surface area contributed by atoms with E-state index in [-0.39, 0.29) is 35.1 Å². The summed E-state index contributed by atoms with van der Waals surface area (Å²) in [6.07, 6.45) is 5.60. The molecule has 2 fully saturated rings. The average Bonchev–Trinajstić information content (AvgIpc) is 3.43. The van der Waals surface area contributed by atoms with E-state index in [2.05, 4.69) is 20.6 Å². The summed E-state index contributed by atoms with van der Waals surface area (Å²) in [6.45, 7) is 9.41. The van der Waals surface area contributed by atoms with Crippen LogP contribution in [0.25, 0.3) is 0 Å². The quantitative estimate of drug-likeness (QED) is 0.770. The fourth-order valence-corrected chi connectivity index (χ4v) is 4.95. The molecule has 1 aliphatic carbocycles. The molecule has 0 aromatic carbocycles. The molecule has 1 saturated carbocycles. The molecule has 0 bridgehead atoms. The van der Waals surface area contributed by atoms with Crippen LogP contribution in [0.1, 0.15) is 50.4 Å². The van der Waals surface area contributed by atoms with Crippen LogP contribution in [-0.4, -0.2) is 55.8 Å². The zero-order chi connectivity index (χ0) is 21.5. The van der Waals surface area contributed by atoms with Crippen LogP contribution in [0.15, 0.2) is 16.9 Å². The van der Waals surface area contributed by atoms with Crippen molar-refractivity contribution in [2.45, 2.75) is 65.0 Å². The Morgan fingerprint density at radius 1 is 1.37 bits per heavy atom. The Bertz CT molecular complexity index is 935. The number of carbonyl (C=O) groups is 2. The Balaban J connectivity index is 1.44. The van der Waals surface area contributed by atoms with Crippen LogP contribution in [-0.2, 0) is 21.5 Å². The number of fused-ring (bicyclic) bond motifs is 1. The third-order valence-corrected chi connectivity index (χ3v) is 6.33. The van der Waals surface area contributed by atoms with E-state index in [1.54, 1.807) is 17.8 Å². The lowest BCUT2D eigenvalue weighted by Crippen LogP contribution is -2.40. The summed E-state index contributed by atoms with van der Waals surface area (Å²) in [4.78, 5) is 31.6. The number of nitrogens with zero attached hydrogens (tertiary/aromatic N) is 5. The normalized spacial score (nSPS) is 25.7. The molecule has 30 heavy (non-hydrogen) atoms. The van der Waals surface area contributed by atoms with Crippen LogP contribution >= 0.6 is 0 Å². The van der Waals surface area contributed by atoms with Gasteiger partial charge in [-0.05, 0) is 38.2 Å². The summed E-state index contributed by atoms with van der Waals surface area (Å²) in [7, 11) is 0. The minimum Gasteiger partial charge on any atom is -0.353 e. The van der Waals surface area contributed by atoms with Crippen molar-refractivity contribution >= 4 is 11.8 Å². The number of carbonyl (C=O) groups excluding carboxylic acids is 2. The maximum Gasteiger partial charge on any atom is 0.235 e. The van der Waals surface area contributed by atoms with E-state index in [1.807, 2.05) is 31.9 Å². The highest BCUT2D eigenvalue weighted by Gasteiger charge is 2.58. The summed E-state index contributed by atoms with van der Waals surface area (Å²) >= 11 is 0. The van der Waals surface area contributed by atoms with Crippen molar-refractivity contribution in [2.75, 3.05) is 13.1 Å². The number of hydrogen-bond donors (Lipinski definition) is 1. The van der Waals surface area contributed by atoms with Gasteiger partial charge in [0.15, 0.2) is 5.82 Å². The van der Waals surface area contributed by atoms with Gasteiger partial charge in [-0.1, -0.05) is 19.0 Å². The first kappa shape index (κ1) is 20.6. The Morgan fingerprint density at radius 3 is 2.80 bits per heavy atom. The Kier molecular flexibility index (Phi) is 5.38. The van der Waals surface area contributed by atoms with Gasteiger partial charge in [-0.2, -0.15) is 10.1 Å². The van der Waals surface area contributed by atoms with Crippen molar-refractivity contribution in [3.05, 3.63) is 29.7 Å². The second-order valence-electron chi connectivity index (χ2n) is 9.11. The molecule has 4 rings (SSSR count). The SMILES string of the molecule is Cc1cnn(CCC(=O)N[C@@H]2C[C@H]3CN(C(=O)C(C)C)C[C@@]3(c3nc(C)no3)C2)c1. The Hall–Kier alpha value is -2.71. The number of hydrogen-bond acceptors (Lipinski definition) is 6. The molecule has 2 aromatic rings. The molecule has 1 N–H and O–H groups in total. The average molecular weight is 415 g/mol. The Labute approximate surface area is 176 Å². The number of likely N-dealkylation sites (tertiary alicyclic amines) is 1. The van der Waals surface area contributed by atoms with Gasteiger partial charge in [0.05, 0.1) is 11.6 Å². The molecule has 3 heterocycles. The molecule has 2 aliphatic rings. The van der Waals surface area contributed by atoms with E-state index in [9.17, 15) is 9.59 Å². The van der Waals surface area contributed by atoms with Gasteiger partial charge in [-0.3, -0.25) is 14.3 Å². The van der Waals surface area contributed by atoms with Crippen LogP contribution in [0.4, 0.5) is 0 Å². The van der Waals surface area contributed by atoms with Gasteiger partial charge in [0.1, 0.15) is 0 Å². The van der Waals surface area contributed by atoms with Gasteiger partial charge < -0.3 is 14.7 Å². The van der Waals surface area contributed by atoms with Crippen LogP contribution in [0.3, 0.4) is 0 Å². The van der Waals surface area contributed by atoms with Crippen molar-refractivity contribution in [3.8, 4) is 0 Å². The van der Waals surface area contributed by atoms with Crippen LogP contribution in [0, 0.1) is 25.7 Å². The maximum atomic E-state index is 12.6. The molecular weight excluding hydrogens is 384 g/mol. The minimum absolute atomic E-state index is 0.0140. The van der Waals surface area contributed by atoms with E-state index < -0.39 is 0 Å². The smallest absolute Gasteiger partial charge is 0.235 e. The lowest BCUT2D eigenvalue weighted by atomic mass is 9.80. The largest absolute Gasteiger partial charge is 0.353 e. The summed E-state index contributed by atoms with van der Waals surface area (Å²) in [6, 6.07) is 0.0327. The first-order chi connectivity index (χ1) is 14.3. The third-order valence-electron chi connectivity index (χ3n) is 6.33. The van der Waals surface area contributed by atoms with Crippen molar-refractivity contribution in [1.29, 1.82) is 0 Å². The summed E-state index contributed by atoms with van der Waals surface area (Å²) in [5.41, 5.74) is 0.694. The molecule has 2 amide bonds. The van der Waals surface area contributed by atoms with E-state index >= 15 is 0 Å². The van der Waals surface area contributed by atoms with Crippen molar-refractivity contribution < 1.29 is 14.1 Å². The molecule has 1 aliphatic heterocycles. The number of aromatic nitrogens is 4. The monoisotopic (exact) mass is 414 g/mol. The predicted octanol–water partition coefficient (Wildman–Crippen LogP) is 1.60. The van der Waals surface area contributed by atoms with E-state index in [0.717, 1.165) is 12.0 Å².